The van der Waals surface area contributed by atoms with Gasteiger partial charge in [-0.15, -0.1) is 0 Å². The summed E-state index contributed by atoms with van der Waals surface area (Å²) in [4.78, 5) is 6.59. The second-order valence-electron chi connectivity index (χ2n) is 5.67. The molecular formula is C14H18Cl2N2O. The van der Waals surface area contributed by atoms with Gasteiger partial charge in [-0.1, -0.05) is 23.2 Å². The zero-order valence-electron chi connectivity index (χ0n) is 10.9. The normalized spacial score (nSPS) is 23.1. The van der Waals surface area contributed by atoms with Crippen LogP contribution in [0.5, 0.6) is 0 Å². The first-order valence-electron chi connectivity index (χ1n) is 6.77. The van der Waals surface area contributed by atoms with Gasteiger partial charge in [0.25, 0.3) is 0 Å². The van der Waals surface area contributed by atoms with Crippen LogP contribution in [0.1, 0.15) is 24.8 Å². The summed E-state index contributed by atoms with van der Waals surface area (Å²) in [5.41, 5.74) is 1.54. The molecule has 2 aliphatic rings. The van der Waals surface area contributed by atoms with Crippen LogP contribution in [0.25, 0.3) is 0 Å². The molecule has 3 heterocycles. The van der Waals surface area contributed by atoms with Crippen LogP contribution < -0.4 is 0 Å². The Morgan fingerprint density at radius 2 is 2.05 bits per heavy atom. The second-order valence-corrected chi connectivity index (χ2v) is 6.47. The smallest absolute Gasteiger partial charge is 0.130 e. The Morgan fingerprint density at radius 3 is 2.79 bits per heavy atom. The first kappa shape index (κ1) is 13.6. The molecule has 0 amide bonds. The summed E-state index contributed by atoms with van der Waals surface area (Å²) in [7, 11) is 0. The van der Waals surface area contributed by atoms with Gasteiger partial charge in [0.2, 0.25) is 0 Å². The van der Waals surface area contributed by atoms with Gasteiger partial charge < -0.3 is 4.74 Å². The Bertz CT molecular complexity index is 461. The number of nitrogens with zero attached hydrogens (tertiary/aromatic N) is 2. The summed E-state index contributed by atoms with van der Waals surface area (Å²) >= 11 is 12.0. The van der Waals surface area contributed by atoms with E-state index in [0.29, 0.717) is 15.6 Å². The SMILES string of the molecule is Clc1cc(Cl)c(CN2CCC3(CCOCC3)C2)cn1. The molecule has 3 rings (SSSR count). The van der Waals surface area contributed by atoms with E-state index in [1.165, 1.54) is 19.3 Å². The number of pyridine rings is 1. The number of rotatable bonds is 2. The summed E-state index contributed by atoms with van der Waals surface area (Å²) in [6.07, 6.45) is 5.45. The zero-order chi connectivity index (χ0) is 13.3. The number of aromatic nitrogens is 1. The molecule has 19 heavy (non-hydrogen) atoms. The summed E-state index contributed by atoms with van der Waals surface area (Å²) in [5.74, 6) is 0. The molecule has 1 aromatic heterocycles. The van der Waals surface area contributed by atoms with E-state index in [-0.39, 0.29) is 0 Å². The molecule has 0 radical (unpaired) electrons. The molecule has 0 bridgehead atoms. The van der Waals surface area contributed by atoms with Gasteiger partial charge in [0.1, 0.15) is 5.15 Å². The van der Waals surface area contributed by atoms with E-state index in [9.17, 15) is 0 Å². The van der Waals surface area contributed by atoms with E-state index in [1.54, 1.807) is 12.3 Å². The molecule has 2 saturated heterocycles. The highest BCUT2D eigenvalue weighted by atomic mass is 35.5. The first-order chi connectivity index (χ1) is 9.17. The molecule has 0 N–H and O–H groups in total. The summed E-state index contributed by atoms with van der Waals surface area (Å²) in [5, 5.41) is 1.17. The standard InChI is InChI=1S/C14H18Cl2N2O/c15-12-7-13(16)17-8-11(12)9-18-4-1-14(10-18)2-5-19-6-3-14/h7-8H,1-6,9-10H2. The predicted octanol–water partition coefficient (Wildman–Crippen LogP) is 3.39. The molecule has 0 aliphatic carbocycles. The van der Waals surface area contributed by atoms with Gasteiger partial charge in [0.15, 0.2) is 0 Å². The van der Waals surface area contributed by atoms with Crippen molar-refractivity contribution in [3.05, 3.63) is 28.0 Å². The molecule has 0 saturated carbocycles. The van der Waals surface area contributed by atoms with Crippen LogP contribution in [-0.4, -0.2) is 36.2 Å². The predicted molar refractivity (Wildman–Crippen MR) is 76.6 cm³/mol. The van der Waals surface area contributed by atoms with E-state index in [0.717, 1.165) is 38.4 Å². The highest BCUT2D eigenvalue weighted by molar-refractivity contribution is 6.34. The lowest BCUT2D eigenvalue weighted by molar-refractivity contribution is 0.0190. The van der Waals surface area contributed by atoms with E-state index >= 15 is 0 Å². The molecule has 1 spiro atoms. The zero-order valence-corrected chi connectivity index (χ0v) is 12.4. The van der Waals surface area contributed by atoms with Crippen molar-refractivity contribution in [3.8, 4) is 0 Å². The Hall–Kier alpha value is -0.350. The Labute approximate surface area is 123 Å². The monoisotopic (exact) mass is 300 g/mol. The Balaban J connectivity index is 1.65. The summed E-state index contributed by atoms with van der Waals surface area (Å²) < 4.78 is 5.48. The third-order valence-electron chi connectivity index (χ3n) is 4.36. The van der Waals surface area contributed by atoms with Gasteiger partial charge in [0.05, 0.1) is 0 Å². The maximum Gasteiger partial charge on any atom is 0.130 e. The number of hydrogen-bond donors (Lipinski definition) is 0. The molecular weight excluding hydrogens is 283 g/mol. The van der Waals surface area contributed by atoms with E-state index in [4.69, 9.17) is 27.9 Å². The molecule has 0 aromatic carbocycles. The van der Waals surface area contributed by atoms with Gasteiger partial charge >= 0.3 is 0 Å². The first-order valence-corrected chi connectivity index (χ1v) is 7.53. The largest absolute Gasteiger partial charge is 0.381 e. The lowest BCUT2D eigenvalue weighted by Gasteiger charge is -2.33. The average Bonchev–Trinajstić information content (AvgIpc) is 2.77. The summed E-state index contributed by atoms with van der Waals surface area (Å²) in [6.45, 7) is 4.98. The van der Waals surface area contributed by atoms with Crippen molar-refractivity contribution < 1.29 is 4.74 Å². The Kier molecular flexibility index (Phi) is 3.99. The molecule has 5 heteroatoms. The Morgan fingerprint density at radius 1 is 1.26 bits per heavy atom. The summed E-state index contributed by atoms with van der Waals surface area (Å²) in [6, 6.07) is 1.72. The highest BCUT2D eigenvalue weighted by Crippen LogP contribution is 2.40. The molecule has 2 aliphatic heterocycles. The highest BCUT2D eigenvalue weighted by Gasteiger charge is 2.39. The molecule has 3 nitrogen and oxygen atoms in total. The van der Waals surface area contributed by atoms with E-state index < -0.39 is 0 Å². The van der Waals surface area contributed by atoms with Crippen LogP contribution in [0, 0.1) is 5.41 Å². The minimum absolute atomic E-state index is 0.455. The molecule has 0 unspecified atom stereocenters. The van der Waals surface area contributed by atoms with Crippen LogP contribution in [0.2, 0.25) is 10.2 Å². The fraction of sp³-hybridized carbons (Fsp3) is 0.643. The van der Waals surface area contributed by atoms with Gasteiger partial charge in [0, 0.05) is 43.1 Å². The topological polar surface area (TPSA) is 25.4 Å². The lowest BCUT2D eigenvalue weighted by Crippen LogP contribution is -2.32. The van der Waals surface area contributed by atoms with Crippen LogP contribution in [0.3, 0.4) is 0 Å². The van der Waals surface area contributed by atoms with Crippen molar-refractivity contribution in [1.82, 2.24) is 9.88 Å². The van der Waals surface area contributed by atoms with Crippen molar-refractivity contribution in [3.63, 3.8) is 0 Å². The van der Waals surface area contributed by atoms with Crippen LogP contribution >= 0.6 is 23.2 Å². The van der Waals surface area contributed by atoms with Crippen molar-refractivity contribution in [2.75, 3.05) is 26.3 Å². The lowest BCUT2D eigenvalue weighted by atomic mass is 9.80. The van der Waals surface area contributed by atoms with Crippen LogP contribution in [-0.2, 0) is 11.3 Å². The van der Waals surface area contributed by atoms with Crippen molar-refractivity contribution in [2.45, 2.75) is 25.8 Å². The molecule has 2 fully saturated rings. The maximum absolute atomic E-state index is 6.21. The number of likely N-dealkylation sites (tertiary alicyclic amines) is 1. The number of hydrogen-bond acceptors (Lipinski definition) is 3. The van der Waals surface area contributed by atoms with Crippen molar-refractivity contribution in [1.29, 1.82) is 0 Å². The van der Waals surface area contributed by atoms with E-state index in [2.05, 4.69) is 9.88 Å². The van der Waals surface area contributed by atoms with E-state index in [1.807, 2.05) is 0 Å². The van der Waals surface area contributed by atoms with Crippen molar-refractivity contribution in [2.24, 2.45) is 5.41 Å². The quantitative estimate of drug-likeness (QED) is 0.783. The maximum atomic E-state index is 6.21. The molecule has 0 atom stereocenters. The van der Waals surface area contributed by atoms with Crippen LogP contribution in [0.4, 0.5) is 0 Å². The number of halogens is 2. The van der Waals surface area contributed by atoms with Gasteiger partial charge in [-0.05, 0) is 37.3 Å². The third kappa shape index (κ3) is 3.05. The van der Waals surface area contributed by atoms with Crippen LogP contribution in [0.15, 0.2) is 12.3 Å². The third-order valence-corrected chi connectivity index (χ3v) is 4.92. The van der Waals surface area contributed by atoms with Gasteiger partial charge in [-0.25, -0.2) is 4.98 Å². The second kappa shape index (κ2) is 5.57. The minimum Gasteiger partial charge on any atom is -0.381 e. The van der Waals surface area contributed by atoms with Crippen molar-refractivity contribution >= 4 is 23.2 Å². The average molecular weight is 301 g/mol. The van der Waals surface area contributed by atoms with Gasteiger partial charge in [-0.3, -0.25) is 4.90 Å². The fourth-order valence-electron chi connectivity index (χ4n) is 3.17. The molecule has 104 valence electrons. The number of ether oxygens (including phenoxy) is 1. The minimum atomic E-state index is 0.455. The molecule has 1 aromatic rings. The van der Waals surface area contributed by atoms with Gasteiger partial charge in [-0.2, -0.15) is 0 Å². The fourth-order valence-corrected chi connectivity index (χ4v) is 3.59.